The van der Waals surface area contributed by atoms with Gasteiger partial charge in [0, 0.05) is 12.6 Å². The van der Waals surface area contributed by atoms with E-state index in [2.05, 4.69) is 0 Å². The number of nitrogens with two attached hydrogens (primary N) is 1. The van der Waals surface area contributed by atoms with Crippen molar-refractivity contribution in [1.82, 2.24) is 0 Å². The summed E-state index contributed by atoms with van der Waals surface area (Å²) in [5.74, 6) is 0.374. The van der Waals surface area contributed by atoms with Gasteiger partial charge in [0.25, 0.3) is 0 Å². The second kappa shape index (κ2) is 5.77. The molecular formula is C7H16ClNO2. The molecule has 0 aromatic rings. The van der Waals surface area contributed by atoms with Crippen molar-refractivity contribution in [1.29, 1.82) is 0 Å². The van der Waals surface area contributed by atoms with Crippen LogP contribution in [0.4, 0.5) is 0 Å². The Morgan fingerprint density at radius 2 is 2.36 bits per heavy atom. The van der Waals surface area contributed by atoms with E-state index in [1.54, 1.807) is 0 Å². The van der Waals surface area contributed by atoms with Crippen LogP contribution in [-0.4, -0.2) is 31.0 Å². The average Bonchev–Trinajstić information content (AvgIpc) is 2.05. The molecule has 4 heteroatoms. The van der Waals surface area contributed by atoms with Gasteiger partial charge in [-0.15, -0.1) is 12.4 Å². The molecule has 2 unspecified atom stereocenters. The van der Waals surface area contributed by atoms with Crippen molar-refractivity contribution in [2.75, 3.05) is 19.8 Å². The molecule has 3 nitrogen and oxygen atoms in total. The third kappa shape index (κ3) is 3.38. The molecule has 1 aliphatic heterocycles. The Morgan fingerprint density at radius 1 is 1.64 bits per heavy atom. The molecule has 11 heavy (non-hydrogen) atoms. The van der Waals surface area contributed by atoms with E-state index in [0.717, 1.165) is 26.1 Å². The van der Waals surface area contributed by atoms with Gasteiger partial charge in [-0.3, -0.25) is 0 Å². The number of aliphatic hydroxyl groups excluding tert-OH is 1. The van der Waals surface area contributed by atoms with Crippen LogP contribution in [0.15, 0.2) is 0 Å². The Morgan fingerprint density at radius 3 is 2.82 bits per heavy atom. The van der Waals surface area contributed by atoms with E-state index in [4.69, 9.17) is 15.6 Å². The van der Waals surface area contributed by atoms with Gasteiger partial charge in [0.1, 0.15) is 0 Å². The molecule has 68 valence electrons. The molecule has 0 saturated carbocycles. The number of rotatable bonds is 2. The molecule has 0 aromatic heterocycles. The van der Waals surface area contributed by atoms with Gasteiger partial charge >= 0.3 is 0 Å². The predicted octanol–water partition coefficient (Wildman–Crippen LogP) is 0.154. The lowest BCUT2D eigenvalue weighted by molar-refractivity contribution is 0.0358. The standard InChI is InChI=1S/C7H15NO2.ClH/c8-7(4-9)6-2-1-3-10-5-6;/h6-7,9H,1-5,8H2;1H. The molecule has 0 aromatic carbocycles. The number of aliphatic hydroxyl groups is 1. The first-order valence-corrected chi connectivity index (χ1v) is 3.78. The summed E-state index contributed by atoms with van der Waals surface area (Å²) in [4.78, 5) is 0. The topological polar surface area (TPSA) is 55.5 Å². The second-order valence-electron chi connectivity index (χ2n) is 2.82. The molecule has 0 radical (unpaired) electrons. The Hall–Kier alpha value is 0.170. The van der Waals surface area contributed by atoms with Gasteiger partial charge in [0.2, 0.25) is 0 Å². The summed E-state index contributed by atoms with van der Waals surface area (Å²) in [5, 5.41) is 8.71. The van der Waals surface area contributed by atoms with Gasteiger partial charge in [0.05, 0.1) is 13.2 Å². The van der Waals surface area contributed by atoms with Gasteiger partial charge in [0.15, 0.2) is 0 Å². The van der Waals surface area contributed by atoms with E-state index in [1.165, 1.54) is 0 Å². The van der Waals surface area contributed by atoms with Crippen molar-refractivity contribution in [2.45, 2.75) is 18.9 Å². The minimum Gasteiger partial charge on any atom is -0.395 e. The van der Waals surface area contributed by atoms with Crippen LogP contribution in [0.25, 0.3) is 0 Å². The Labute approximate surface area is 73.3 Å². The normalized spacial score (nSPS) is 27.3. The maximum absolute atomic E-state index is 8.71. The first kappa shape index (κ1) is 11.2. The molecule has 3 N–H and O–H groups in total. The highest BCUT2D eigenvalue weighted by atomic mass is 35.5. The van der Waals surface area contributed by atoms with Crippen LogP contribution in [0.3, 0.4) is 0 Å². The van der Waals surface area contributed by atoms with Gasteiger partial charge in [-0.05, 0) is 18.8 Å². The lowest BCUT2D eigenvalue weighted by atomic mass is 9.95. The summed E-state index contributed by atoms with van der Waals surface area (Å²) < 4.78 is 5.21. The first-order chi connectivity index (χ1) is 4.84. The smallest absolute Gasteiger partial charge is 0.0586 e. The summed E-state index contributed by atoms with van der Waals surface area (Å²) >= 11 is 0. The second-order valence-corrected chi connectivity index (χ2v) is 2.82. The van der Waals surface area contributed by atoms with Crippen LogP contribution < -0.4 is 5.73 Å². The van der Waals surface area contributed by atoms with Crippen LogP contribution in [0.1, 0.15) is 12.8 Å². The molecule has 1 aliphatic rings. The van der Waals surface area contributed by atoms with Crippen molar-refractivity contribution in [3.8, 4) is 0 Å². The molecule has 1 heterocycles. The lowest BCUT2D eigenvalue weighted by Gasteiger charge is -2.25. The summed E-state index contributed by atoms with van der Waals surface area (Å²) in [7, 11) is 0. The fourth-order valence-corrected chi connectivity index (χ4v) is 1.25. The summed E-state index contributed by atoms with van der Waals surface area (Å²) in [6.45, 7) is 1.66. The van der Waals surface area contributed by atoms with E-state index < -0.39 is 0 Å². The zero-order valence-corrected chi connectivity index (χ0v) is 7.35. The van der Waals surface area contributed by atoms with Crippen molar-refractivity contribution in [3.63, 3.8) is 0 Å². The average molecular weight is 182 g/mol. The van der Waals surface area contributed by atoms with Crippen LogP contribution in [0, 0.1) is 5.92 Å². The van der Waals surface area contributed by atoms with Gasteiger partial charge in [-0.25, -0.2) is 0 Å². The highest BCUT2D eigenvalue weighted by Crippen LogP contribution is 2.15. The van der Waals surface area contributed by atoms with Crippen LogP contribution >= 0.6 is 12.4 Å². The first-order valence-electron chi connectivity index (χ1n) is 3.78. The minimum absolute atomic E-state index is 0. The Kier molecular flexibility index (Phi) is 5.86. The summed E-state index contributed by atoms with van der Waals surface area (Å²) in [6, 6.07) is -0.0831. The maximum atomic E-state index is 8.71. The maximum Gasteiger partial charge on any atom is 0.0586 e. The number of halogens is 1. The fraction of sp³-hybridized carbons (Fsp3) is 1.00. The number of ether oxygens (including phenoxy) is 1. The summed E-state index contributed by atoms with van der Waals surface area (Å²) in [5.41, 5.74) is 5.62. The van der Waals surface area contributed by atoms with Crippen LogP contribution in [0.2, 0.25) is 0 Å². The van der Waals surface area contributed by atoms with E-state index in [9.17, 15) is 0 Å². The van der Waals surface area contributed by atoms with Crippen LogP contribution in [-0.2, 0) is 4.74 Å². The molecule has 0 bridgehead atoms. The van der Waals surface area contributed by atoms with Gasteiger partial charge in [-0.2, -0.15) is 0 Å². The monoisotopic (exact) mass is 181 g/mol. The van der Waals surface area contributed by atoms with E-state index in [1.807, 2.05) is 0 Å². The zero-order chi connectivity index (χ0) is 7.40. The molecule has 1 fully saturated rings. The highest BCUT2D eigenvalue weighted by Gasteiger charge is 2.19. The number of hydrogen-bond donors (Lipinski definition) is 2. The zero-order valence-electron chi connectivity index (χ0n) is 6.53. The quantitative estimate of drug-likeness (QED) is 0.638. The summed E-state index contributed by atoms with van der Waals surface area (Å²) in [6.07, 6.45) is 2.18. The largest absolute Gasteiger partial charge is 0.395 e. The SMILES string of the molecule is Cl.NC(CO)C1CCCOC1. The minimum atomic E-state index is -0.0831. The van der Waals surface area contributed by atoms with E-state index in [-0.39, 0.29) is 25.1 Å². The van der Waals surface area contributed by atoms with Crippen molar-refractivity contribution in [3.05, 3.63) is 0 Å². The van der Waals surface area contributed by atoms with Gasteiger partial charge in [-0.1, -0.05) is 0 Å². The molecule has 1 saturated heterocycles. The van der Waals surface area contributed by atoms with Crippen LogP contribution in [0.5, 0.6) is 0 Å². The fourth-order valence-electron chi connectivity index (χ4n) is 1.25. The predicted molar refractivity (Wildman–Crippen MR) is 45.9 cm³/mol. The molecule has 1 rings (SSSR count). The molecule has 0 spiro atoms. The van der Waals surface area contributed by atoms with Crippen molar-refractivity contribution < 1.29 is 9.84 Å². The number of hydrogen-bond acceptors (Lipinski definition) is 3. The van der Waals surface area contributed by atoms with E-state index >= 15 is 0 Å². The van der Waals surface area contributed by atoms with E-state index in [0.29, 0.717) is 5.92 Å². The molecular weight excluding hydrogens is 166 g/mol. The molecule has 2 atom stereocenters. The Balaban J connectivity index is 0.000001000. The van der Waals surface area contributed by atoms with Crippen molar-refractivity contribution >= 4 is 12.4 Å². The molecule has 0 aliphatic carbocycles. The third-order valence-corrected chi connectivity index (χ3v) is 2.01. The molecule has 0 amide bonds. The van der Waals surface area contributed by atoms with Crippen molar-refractivity contribution in [2.24, 2.45) is 11.7 Å². The Bertz CT molecular complexity index is 96.4. The lowest BCUT2D eigenvalue weighted by Crippen LogP contribution is -2.38. The highest BCUT2D eigenvalue weighted by molar-refractivity contribution is 5.85. The third-order valence-electron chi connectivity index (χ3n) is 2.01. The van der Waals surface area contributed by atoms with Gasteiger partial charge < -0.3 is 15.6 Å².